The van der Waals surface area contributed by atoms with Gasteiger partial charge in [0, 0.05) is 13.1 Å². The van der Waals surface area contributed by atoms with Gasteiger partial charge in [-0.05, 0) is 26.0 Å². The molecule has 0 aliphatic carbocycles. The Kier molecular flexibility index (Phi) is 3.88. The van der Waals surface area contributed by atoms with Crippen LogP contribution < -0.4 is 4.74 Å². The number of benzene rings is 1. The molecule has 7 nitrogen and oxygen atoms in total. The molecule has 3 rings (SSSR count). The van der Waals surface area contributed by atoms with Crippen molar-refractivity contribution >= 4 is 10.0 Å². The third kappa shape index (κ3) is 2.59. The number of aromatic nitrogens is 2. The van der Waals surface area contributed by atoms with Gasteiger partial charge in [0.15, 0.2) is 5.82 Å². The second kappa shape index (κ2) is 5.69. The van der Waals surface area contributed by atoms with Gasteiger partial charge in [-0.2, -0.15) is 9.29 Å². The summed E-state index contributed by atoms with van der Waals surface area (Å²) in [6, 6.07) is 6.66. The van der Waals surface area contributed by atoms with Crippen LogP contribution in [0.5, 0.6) is 5.75 Å². The highest BCUT2D eigenvalue weighted by Crippen LogP contribution is 2.34. The molecule has 1 aromatic carbocycles. The van der Waals surface area contributed by atoms with Gasteiger partial charge in [0.2, 0.25) is 15.9 Å². The molecule has 0 bridgehead atoms. The predicted octanol–water partition coefficient (Wildman–Crippen LogP) is 1.56. The van der Waals surface area contributed by atoms with Gasteiger partial charge in [0.1, 0.15) is 10.6 Å². The van der Waals surface area contributed by atoms with Crippen LogP contribution in [0, 0.1) is 6.92 Å². The fraction of sp³-hybridized carbons (Fsp3) is 0.429. The average Bonchev–Trinajstić information content (AvgIpc) is 2.84. The van der Waals surface area contributed by atoms with Crippen LogP contribution in [0.4, 0.5) is 0 Å². The van der Waals surface area contributed by atoms with Crippen LogP contribution in [0.2, 0.25) is 0 Å². The van der Waals surface area contributed by atoms with Crippen molar-refractivity contribution in [3.63, 3.8) is 0 Å². The smallest absolute Gasteiger partial charge is 0.246 e. The van der Waals surface area contributed by atoms with Crippen molar-refractivity contribution in [2.24, 2.45) is 0 Å². The molecule has 8 heteroatoms. The largest absolute Gasteiger partial charge is 0.492 e. The Morgan fingerprint density at radius 3 is 2.73 bits per heavy atom. The van der Waals surface area contributed by atoms with Crippen molar-refractivity contribution in [3.8, 4) is 5.75 Å². The van der Waals surface area contributed by atoms with Crippen LogP contribution in [0.25, 0.3) is 0 Å². The second-order valence-electron chi connectivity index (χ2n) is 5.08. The van der Waals surface area contributed by atoms with Crippen LogP contribution in [0.1, 0.15) is 24.6 Å². The Balaban J connectivity index is 1.78. The Hall–Kier alpha value is -1.93. The zero-order valence-electron chi connectivity index (χ0n) is 12.4. The number of sulfonamides is 1. The van der Waals surface area contributed by atoms with Crippen molar-refractivity contribution in [1.82, 2.24) is 14.4 Å². The molecular formula is C14H17N3O4S. The summed E-state index contributed by atoms with van der Waals surface area (Å²) in [5.41, 5.74) is 0. The van der Waals surface area contributed by atoms with E-state index in [1.54, 1.807) is 31.2 Å². The summed E-state index contributed by atoms with van der Waals surface area (Å²) >= 11 is 0. The van der Waals surface area contributed by atoms with Gasteiger partial charge in [-0.3, -0.25) is 0 Å². The summed E-state index contributed by atoms with van der Waals surface area (Å²) in [5.74, 6) is 1.37. The molecule has 1 aliphatic heterocycles. The Labute approximate surface area is 128 Å². The Morgan fingerprint density at radius 2 is 2.09 bits per heavy atom. The molecule has 1 aliphatic rings. The summed E-state index contributed by atoms with van der Waals surface area (Å²) in [6.45, 7) is 4.64. The van der Waals surface area contributed by atoms with E-state index in [9.17, 15) is 8.42 Å². The van der Waals surface area contributed by atoms with E-state index in [2.05, 4.69) is 10.1 Å². The minimum atomic E-state index is -3.57. The van der Waals surface area contributed by atoms with Crippen molar-refractivity contribution in [2.75, 3.05) is 19.7 Å². The fourth-order valence-corrected chi connectivity index (χ4v) is 4.01. The van der Waals surface area contributed by atoms with Crippen molar-refractivity contribution in [3.05, 3.63) is 36.0 Å². The maximum absolute atomic E-state index is 12.7. The van der Waals surface area contributed by atoms with Crippen molar-refractivity contribution in [1.29, 1.82) is 0 Å². The standard InChI is InChI=1S/C14H17N3O4S/c1-3-20-12-6-4-5-7-13(12)22(18,19)17-8-11(9-17)14-15-10(2)16-21-14/h4-7,11H,3,8-9H2,1-2H3. The van der Waals surface area contributed by atoms with Crippen LogP contribution in [0.3, 0.4) is 0 Å². The molecule has 0 spiro atoms. The van der Waals surface area contributed by atoms with Gasteiger partial charge in [-0.25, -0.2) is 8.42 Å². The topological polar surface area (TPSA) is 85.5 Å². The molecule has 0 atom stereocenters. The summed E-state index contributed by atoms with van der Waals surface area (Å²) in [6.07, 6.45) is 0. The molecule has 0 N–H and O–H groups in total. The maximum atomic E-state index is 12.7. The highest BCUT2D eigenvalue weighted by atomic mass is 32.2. The van der Waals surface area contributed by atoms with E-state index in [1.807, 2.05) is 6.92 Å². The predicted molar refractivity (Wildman–Crippen MR) is 78.1 cm³/mol. The number of rotatable bonds is 5. The first-order valence-electron chi connectivity index (χ1n) is 7.04. The molecule has 1 saturated heterocycles. The highest BCUT2D eigenvalue weighted by Gasteiger charge is 2.41. The molecule has 1 aromatic heterocycles. The molecule has 1 fully saturated rings. The van der Waals surface area contributed by atoms with Gasteiger partial charge < -0.3 is 9.26 Å². The third-order valence-corrected chi connectivity index (χ3v) is 5.38. The summed E-state index contributed by atoms with van der Waals surface area (Å²) < 4.78 is 37.2. The summed E-state index contributed by atoms with van der Waals surface area (Å²) in [4.78, 5) is 4.34. The molecule has 0 unspecified atom stereocenters. The summed E-state index contributed by atoms with van der Waals surface area (Å²) in [7, 11) is -3.57. The van der Waals surface area contributed by atoms with E-state index >= 15 is 0 Å². The van der Waals surface area contributed by atoms with Gasteiger partial charge in [0.25, 0.3) is 0 Å². The highest BCUT2D eigenvalue weighted by molar-refractivity contribution is 7.89. The fourth-order valence-electron chi connectivity index (χ4n) is 2.35. The molecule has 0 radical (unpaired) electrons. The quantitative estimate of drug-likeness (QED) is 0.830. The molecule has 0 amide bonds. The molecule has 22 heavy (non-hydrogen) atoms. The lowest BCUT2D eigenvalue weighted by Gasteiger charge is -2.36. The Bertz CT molecular complexity index is 766. The van der Waals surface area contributed by atoms with Crippen molar-refractivity contribution in [2.45, 2.75) is 24.7 Å². The van der Waals surface area contributed by atoms with Crippen LogP contribution in [0.15, 0.2) is 33.7 Å². The first-order valence-corrected chi connectivity index (χ1v) is 8.48. The number of para-hydroxylation sites is 1. The van der Waals surface area contributed by atoms with Crippen LogP contribution in [-0.4, -0.2) is 42.6 Å². The monoisotopic (exact) mass is 323 g/mol. The van der Waals surface area contributed by atoms with E-state index in [-0.39, 0.29) is 10.8 Å². The normalized spacial score (nSPS) is 16.5. The number of hydrogen-bond donors (Lipinski definition) is 0. The lowest BCUT2D eigenvalue weighted by molar-refractivity contribution is 0.216. The zero-order valence-corrected chi connectivity index (χ0v) is 13.2. The molecule has 118 valence electrons. The number of aryl methyl sites for hydroxylation is 1. The van der Waals surface area contributed by atoms with Gasteiger partial charge in [-0.1, -0.05) is 17.3 Å². The van der Waals surface area contributed by atoms with E-state index < -0.39 is 10.0 Å². The van der Waals surface area contributed by atoms with Crippen molar-refractivity contribution < 1.29 is 17.7 Å². The minimum Gasteiger partial charge on any atom is -0.492 e. The maximum Gasteiger partial charge on any atom is 0.246 e. The summed E-state index contributed by atoms with van der Waals surface area (Å²) in [5, 5.41) is 3.73. The molecule has 2 aromatic rings. The number of nitrogens with zero attached hydrogens (tertiary/aromatic N) is 3. The lowest BCUT2D eigenvalue weighted by Crippen LogP contribution is -2.48. The SMILES string of the molecule is CCOc1ccccc1S(=O)(=O)N1CC(c2nc(C)no2)C1. The zero-order chi connectivity index (χ0) is 15.7. The Morgan fingerprint density at radius 1 is 1.36 bits per heavy atom. The lowest BCUT2D eigenvalue weighted by atomic mass is 10.0. The van der Waals surface area contributed by atoms with E-state index in [0.29, 0.717) is 37.2 Å². The third-order valence-electron chi connectivity index (χ3n) is 3.51. The number of ether oxygens (including phenoxy) is 1. The molecule has 0 saturated carbocycles. The molecule has 2 heterocycles. The average molecular weight is 323 g/mol. The van der Waals surface area contributed by atoms with E-state index in [0.717, 1.165) is 0 Å². The van der Waals surface area contributed by atoms with Gasteiger partial charge >= 0.3 is 0 Å². The molecular weight excluding hydrogens is 306 g/mol. The minimum absolute atomic E-state index is 0.0461. The van der Waals surface area contributed by atoms with Crippen LogP contribution >= 0.6 is 0 Å². The first-order chi connectivity index (χ1) is 10.5. The van der Waals surface area contributed by atoms with Crippen LogP contribution in [-0.2, 0) is 10.0 Å². The van der Waals surface area contributed by atoms with E-state index in [4.69, 9.17) is 9.26 Å². The first kappa shape index (κ1) is 15.0. The van der Waals surface area contributed by atoms with Gasteiger partial charge in [-0.15, -0.1) is 0 Å². The van der Waals surface area contributed by atoms with Gasteiger partial charge in [0.05, 0.1) is 12.5 Å². The second-order valence-corrected chi connectivity index (χ2v) is 6.98. The number of hydrogen-bond acceptors (Lipinski definition) is 6. The van der Waals surface area contributed by atoms with E-state index in [1.165, 1.54) is 4.31 Å².